The van der Waals surface area contributed by atoms with Crippen molar-refractivity contribution in [3.05, 3.63) is 23.8 Å². The summed E-state index contributed by atoms with van der Waals surface area (Å²) in [5, 5.41) is 0. The normalized spacial score (nSPS) is 20.7. The number of rotatable bonds is 2. The summed E-state index contributed by atoms with van der Waals surface area (Å²) in [7, 11) is 0. The average Bonchev–Trinajstić information content (AvgIpc) is 2.53. The topological polar surface area (TPSA) is 29.3 Å². The van der Waals surface area contributed by atoms with Gasteiger partial charge in [-0.2, -0.15) is 0 Å². The molecule has 1 atom stereocenters. The monoisotopic (exact) mass is 268 g/mol. The summed E-state index contributed by atoms with van der Waals surface area (Å²) >= 11 is 0. The van der Waals surface area contributed by atoms with E-state index in [4.69, 9.17) is 5.73 Å². The Labute approximate surface area is 113 Å². The molecule has 1 aromatic rings. The summed E-state index contributed by atoms with van der Waals surface area (Å²) in [6.45, 7) is 5.84. The summed E-state index contributed by atoms with van der Waals surface area (Å²) in [5.41, 5.74) is 5.67. The lowest BCUT2D eigenvalue weighted by Crippen LogP contribution is -2.26. The van der Waals surface area contributed by atoms with Gasteiger partial charge in [-0.25, -0.2) is 8.78 Å². The van der Waals surface area contributed by atoms with Crippen LogP contribution in [-0.4, -0.2) is 13.1 Å². The van der Waals surface area contributed by atoms with Crippen LogP contribution in [0, 0.1) is 23.5 Å². The van der Waals surface area contributed by atoms with E-state index in [9.17, 15) is 8.78 Å². The number of nitrogen functional groups attached to an aromatic ring is 1. The van der Waals surface area contributed by atoms with Gasteiger partial charge in [-0.1, -0.05) is 13.8 Å². The van der Waals surface area contributed by atoms with Gasteiger partial charge in [0.2, 0.25) is 0 Å². The molecule has 1 unspecified atom stereocenters. The molecule has 1 aromatic carbocycles. The number of nitrogens with zero attached hydrogens (tertiary/aromatic N) is 1. The molecule has 0 saturated carbocycles. The second-order valence-electron chi connectivity index (χ2n) is 5.76. The zero-order valence-electron chi connectivity index (χ0n) is 11.6. The highest BCUT2D eigenvalue weighted by Gasteiger charge is 2.23. The number of anilines is 2. The first-order valence-corrected chi connectivity index (χ1v) is 6.98. The van der Waals surface area contributed by atoms with Gasteiger partial charge in [0.25, 0.3) is 0 Å². The molecular weight excluding hydrogens is 246 g/mol. The maximum Gasteiger partial charge on any atom is 0.151 e. The Bertz CT molecular complexity index is 423. The van der Waals surface area contributed by atoms with Gasteiger partial charge >= 0.3 is 0 Å². The van der Waals surface area contributed by atoms with Gasteiger partial charge in [-0.3, -0.25) is 0 Å². The van der Waals surface area contributed by atoms with Crippen LogP contribution in [0.15, 0.2) is 12.1 Å². The minimum atomic E-state index is -0.555. The van der Waals surface area contributed by atoms with E-state index in [-0.39, 0.29) is 11.4 Å². The SMILES string of the molecule is CC(C)C1CCCN(c2c(F)cc(N)cc2F)CC1. The van der Waals surface area contributed by atoms with Gasteiger partial charge in [-0.15, -0.1) is 0 Å². The first-order valence-electron chi connectivity index (χ1n) is 6.98. The number of benzene rings is 1. The van der Waals surface area contributed by atoms with E-state index < -0.39 is 11.6 Å². The molecule has 0 aliphatic carbocycles. The van der Waals surface area contributed by atoms with Gasteiger partial charge in [0.15, 0.2) is 11.6 Å². The summed E-state index contributed by atoms with van der Waals surface area (Å²) < 4.78 is 27.8. The fourth-order valence-corrected chi connectivity index (χ4v) is 2.90. The van der Waals surface area contributed by atoms with Crippen LogP contribution in [0.2, 0.25) is 0 Å². The smallest absolute Gasteiger partial charge is 0.151 e. The lowest BCUT2D eigenvalue weighted by Gasteiger charge is -2.24. The predicted molar refractivity (Wildman–Crippen MR) is 75.2 cm³/mol. The Morgan fingerprint density at radius 2 is 1.79 bits per heavy atom. The van der Waals surface area contributed by atoms with Gasteiger partial charge in [0, 0.05) is 18.8 Å². The minimum Gasteiger partial charge on any atom is -0.399 e. The van der Waals surface area contributed by atoms with Crippen molar-refractivity contribution in [3.63, 3.8) is 0 Å². The van der Waals surface area contributed by atoms with Crippen molar-refractivity contribution in [1.82, 2.24) is 0 Å². The highest BCUT2D eigenvalue weighted by molar-refractivity contribution is 5.55. The van der Waals surface area contributed by atoms with Crippen molar-refractivity contribution >= 4 is 11.4 Å². The molecule has 0 aromatic heterocycles. The van der Waals surface area contributed by atoms with Crippen LogP contribution < -0.4 is 10.6 Å². The Morgan fingerprint density at radius 3 is 2.37 bits per heavy atom. The third kappa shape index (κ3) is 3.17. The molecule has 1 saturated heterocycles. The van der Waals surface area contributed by atoms with Crippen molar-refractivity contribution in [3.8, 4) is 0 Å². The molecule has 4 heteroatoms. The molecule has 1 aliphatic rings. The van der Waals surface area contributed by atoms with E-state index >= 15 is 0 Å². The van der Waals surface area contributed by atoms with E-state index in [0.29, 0.717) is 24.9 Å². The predicted octanol–water partition coefficient (Wildman–Crippen LogP) is 3.81. The summed E-state index contributed by atoms with van der Waals surface area (Å²) in [4.78, 5) is 1.83. The lowest BCUT2D eigenvalue weighted by atomic mass is 9.89. The summed E-state index contributed by atoms with van der Waals surface area (Å²) in [6.07, 6.45) is 3.10. The van der Waals surface area contributed by atoms with Crippen molar-refractivity contribution in [1.29, 1.82) is 0 Å². The van der Waals surface area contributed by atoms with Crippen LogP contribution in [0.1, 0.15) is 33.1 Å². The van der Waals surface area contributed by atoms with E-state index in [1.165, 1.54) is 12.1 Å². The molecule has 2 nitrogen and oxygen atoms in total. The second-order valence-corrected chi connectivity index (χ2v) is 5.76. The Kier molecular flexibility index (Phi) is 4.27. The first-order chi connectivity index (χ1) is 8.99. The van der Waals surface area contributed by atoms with Crippen LogP contribution in [-0.2, 0) is 0 Å². The zero-order valence-corrected chi connectivity index (χ0v) is 11.6. The van der Waals surface area contributed by atoms with Crippen molar-refractivity contribution < 1.29 is 8.78 Å². The molecule has 19 heavy (non-hydrogen) atoms. The van der Waals surface area contributed by atoms with Crippen LogP contribution >= 0.6 is 0 Å². The summed E-state index contributed by atoms with van der Waals surface area (Å²) in [6, 6.07) is 2.40. The Morgan fingerprint density at radius 1 is 1.16 bits per heavy atom. The average molecular weight is 268 g/mol. The maximum absolute atomic E-state index is 13.9. The number of halogens is 2. The Balaban J connectivity index is 2.19. The fraction of sp³-hybridized carbons (Fsp3) is 0.600. The van der Waals surface area contributed by atoms with Gasteiger partial charge in [0.05, 0.1) is 0 Å². The highest BCUT2D eigenvalue weighted by Crippen LogP contribution is 2.31. The second kappa shape index (κ2) is 5.76. The number of hydrogen-bond donors (Lipinski definition) is 1. The molecule has 0 radical (unpaired) electrons. The van der Waals surface area contributed by atoms with Crippen molar-refractivity contribution in [2.45, 2.75) is 33.1 Å². The van der Waals surface area contributed by atoms with E-state index in [1.807, 2.05) is 4.90 Å². The third-order valence-corrected chi connectivity index (χ3v) is 4.07. The first kappa shape index (κ1) is 14.1. The van der Waals surface area contributed by atoms with Crippen LogP contribution in [0.4, 0.5) is 20.2 Å². The lowest BCUT2D eigenvalue weighted by molar-refractivity contribution is 0.351. The fourth-order valence-electron chi connectivity index (χ4n) is 2.90. The molecule has 1 aliphatic heterocycles. The highest BCUT2D eigenvalue weighted by atomic mass is 19.1. The summed E-state index contributed by atoms with van der Waals surface area (Å²) in [5.74, 6) is 0.159. The van der Waals surface area contributed by atoms with Crippen LogP contribution in [0.3, 0.4) is 0 Å². The minimum absolute atomic E-state index is 0.0820. The third-order valence-electron chi connectivity index (χ3n) is 4.07. The van der Waals surface area contributed by atoms with Crippen LogP contribution in [0.25, 0.3) is 0 Å². The Hall–Kier alpha value is -1.32. The number of nitrogens with two attached hydrogens (primary N) is 1. The molecule has 0 spiro atoms. The van der Waals surface area contributed by atoms with E-state index in [1.54, 1.807) is 0 Å². The number of hydrogen-bond acceptors (Lipinski definition) is 2. The van der Waals surface area contributed by atoms with Gasteiger partial charge in [0.1, 0.15) is 5.69 Å². The molecule has 1 heterocycles. The quantitative estimate of drug-likeness (QED) is 0.826. The molecule has 0 bridgehead atoms. The van der Waals surface area contributed by atoms with Crippen LogP contribution in [0.5, 0.6) is 0 Å². The van der Waals surface area contributed by atoms with E-state index in [2.05, 4.69) is 13.8 Å². The van der Waals surface area contributed by atoms with Gasteiger partial charge in [-0.05, 0) is 43.2 Å². The van der Waals surface area contributed by atoms with Gasteiger partial charge < -0.3 is 10.6 Å². The largest absolute Gasteiger partial charge is 0.399 e. The molecule has 0 amide bonds. The molecule has 2 N–H and O–H groups in total. The zero-order chi connectivity index (χ0) is 14.0. The van der Waals surface area contributed by atoms with Crippen molar-refractivity contribution in [2.75, 3.05) is 23.7 Å². The maximum atomic E-state index is 13.9. The molecular formula is C15H22F2N2. The standard InChI is InChI=1S/C15H22F2N2/c1-10(2)11-4-3-6-19(7-5-11)15-13(16)8-12(18)9-14(15)17/h8-11H,3-7,18H2,1-2H3. The molecule has 1 fully saturated rings. The van der Waals surface area contributed by atoms with Crippen molar-refractivity contribution in [2.24, 2.45) is 11.8 Å². The molecule has 106 valence electrons. The molecule has 2 rings (SSSR count). The van der Waals surface area contributed by atoms with E-state index in [0.717, 1.165) is 19.3 Å².